The summed E-state index contributed by atoms with van der Waals surface area (Å²) in [6.45, 7) is 1.87. The zero-order valence-electron chi connectivity index (χ0n) is 10.6. The molecule has 1 aromatic carbocycles. The molecule has 0 saturated carbocycles. The number of amides is 2. The first-order chi connectivity index (χ1) is 9.49. The summed E-state index contributed by atoms with van der Waals surface area (Å²) in [7, 11) is 0. The molecule has 0 saturated heterocycles. The van der Waals surface area contributed by atoms with Crippen LogP contribution in [0.25, 0.3) is 0 Å². The summed E-state index contributed by atoms with van der Waals surface area (Å²) in [5.74, 6) is -0.488. The molecule has 1 aliphatic heterocycles. The van der Waals surface area contributed by atoms with Gasteiger partial charge in [-0.2, -0.15) is 0 Å². The van der Waals surface area contributed by atoms with Crippen LogP contribution in [0.4, 0.5) is 11.5 Å². The Hall–Kier alpha value is -2.21. The van der Waals surface area contributed by atoms with Crippen molar-refractivity contribution in [2.75, 3.05) is 10.6 Å². The lowest BCUT2D eigenvalue weighted by atomic mass is 10.1. The third-order valence-electron chi connectivity index (χ3n) is 3.10. The lowest BCUT2D eigenvalue weighted by Gasteiger charge is -2.14. The number of halogens is 1. The van der Waals surface area contributed by atoms with E-state index in [9.17, 15) is 9.59 Å². The Morgan fingerprint density at radius 2 is 1.85 bits per heavy atom. The van der Waals surface area contributed by atoms with Crippen LogP contribution >= 0.6 is 15.9 Å². The van der Waals surface area contributed by atoms with Crippen LogP contribution in [0.5, 0.6) is 0 Å². The molecule has 5 nitrogen and oxygen atoms in total. The van der Waals surface area contributed by atoms with Crippen LogP contribution in [-0.2, 0) is 0 Å². The molecule has 0 spiro atoms. The van der Waals surface area contributed by atoms with E-state index in [2.05, 4.69) is 20.9 Å². The summed E-state index contributed by atoms with van der Waals surface area (Å²) < 4.78 is 0.503. The number of rotatable bonds is 1. The molecule has 0 radical (unpaired) electrons. The fourth-order valence-electron chi connectivity index (χ4n) is 2.16. The number of fused-ring (bicyclic) bond motifs is 1. The number of aromatic nitrogens is 1. The van der Waals surface area contributed by atoms with Gasteiger partial charge in [0, 0.05) is 0 Å². The molecule has 20 heavy (non-hydrogen) atoms. The molecule has 1 aromatic heterocycles. The SMILES string of the molecule is Cc1ccc2c(c1)C(=O)N(c1ncc(N)cc1Br)C2=O. The van der Waals surface area contributed by atoms with Crippen molar-refractivity contribution in [1.29, 1.82) is 0 Å². The number of pyridine rings is 1. The Kier molecular flexibility index (Phi) is 2.83. The Labute approximate surface area is 123 Å². The third kappa shape index (κ3) is 1.80. The van der Waals surface area contributed by atoms with Gasteiger partial charge in [0.2, 0.25) is 0 Å². The van der Waals surface area contributed by atoms with Crippen molar-refractivity contribution in [3.05, 3.63) is 51.6 Å². The summed E-state index contributed by atoms with van der Waals surface area (Å²) in [5.41, 5.74) is 7.80. The van der Waals surface area contributed by atoms with Crippen LogP contribution in [0.3, 0.4) is 0 Å². The molecule has 2 heterocycles. The van der Waals surface area contributed by atoms with E-state index >= 15 is 0 Å². The first-order valence-corrected chi connectivity index (χ1v) is 6.69. The van der Waals surface area contributed by atoms with Crippen molar-refractivity contribution in [2.24, 2.45) is 0 Å². The smallest absolute Gasteiger partial charge is 0.267 e. The number of aryl methyl sites for hydroxylation is 1. The normalized spacial score (nSPS) is 13.8. The van der Waals surface area contributed by atoms with Gasteiger partial charge >= 0.3 is 0 Å². The van der Waals surface area contributed by atoms with Gasteiger partial charge < -0.3 is 5.73 Å². The summed E-state index contributed by atoms with van der Waals surface area (Å²) in [5, 5.41) is 0. The predicted molar refractivity (Wildman–Crippen MR) is 78.7 cm³/mol. The van der Waals surface area contributed by atoms with Crippen molar-refractivity contribution in [1.82, 2.24) is 4.98 Å². The highest BCUT2D eigenvalue weighted by molar-refractivity contribution is 9.10. The second kappa shape index (κ2) is 4.42. The summed E-state index contributed by atoms with van der Waals surface area (Å²) >= 11 is 3.28. The number of hydrogen-bond acceptors (Lipinski definition) is 4. The van der Waals surface area contributed by atoms with E-state index in [-0.39, 0.29) is 17.6 Å². The average molecular weight is 332 g/mol. The molecule has 0 unspecified atom stereocenters. The molecule has 2 aromatic rings. The third-order valence-corrected chi connectivity index (χ3v) is 3.68. The molecule has 0 atom stereocenters. The highest BCUT2D eigenvalue weighted by Gasteiger charge is 2.38. The number of anilines is 2. The van der Waals surface area contributed by atoms with E-state index in [1.807, 2.05) is 6.92 Å². The average Bonchev–Trinajstić information content (AvgIpc) is 2.63. The first-order valence-electron chi connectivity index (χ1n) is 5.89. The van der Waals surface area contributed by atoms with Crippen LogP contribution in [0, 0.1) is 6.92 Å². The van der Waals surface area contributed by atoms with Crippen LogP contribution in [0.2, 0.25) is 0 Å². The maximum absolute atomic E-state index is 12.4. The minimum Gasteiger partial charge on any atom is -0.397 e. The van der Waals surface area contributed by atoms with Gasteiger partial charge in [-0.25, -0.2) is 9.88 Å². The highest BCUT2D eigenvalue weighted by atomic mass is 79.9. The Morgan fingerprint density at radius 1 is 1.15 bits per heavy atom. The Morgan fingerprint density at radius 3 is 2.55 bits per heavy atom. The number of nitrogens with zero attached hydrogens (tertiary/aromatic N) is 2. The number of nitrogens with two attached hydrogens (primary N) is 1. The number of carbonyl (C=O) groups is 2. The van der Waals surface area contributed by atoms with Gasteiger partial charge in [-0.1, -0.05) is 11.6 Å². The lowest BCUT2D eigenvalue weighted by Crippen LogP contribution is -2.30. The highest BCUT2D eigenvalue weighted by Crippen LogP contribution is 2.32. The largest absolute Gasteiger partial charge is 0.397 e. The van der Waals surface area contributed by atoms with E-state index in [0.29, 0.717) is 21.3 Å². The Balaban J connectivity index is 2.14. The quantitative estimate of drug-likeness (QED) is 0.814. The van der Waals surface area contributed by atoms with Crippen molar-refractivity contribution >= 4 is 39.2 Å². The van der Waals surface area contributed by atoms with Gasteiger partial charge in [0.1, 0.15) is 0 Å². The maximum Gasteiger partial charge on any atom is 0.267 e. The summed E-state index contributed by atoms with van der Waals surface area (Å²) in [4.78, 5) is 29.9. The summed E-state index contributed by atoms with van der Waals surface area (Å²) in [6.07, 6.45) is 1.41. The van der Waals surface area contributed by atoms with Crippen molar-refractivity contribution in [2.45, 2.75) is 6.92 Å². The monoisotopic (exact) mass is 331 g/mol. The topological polar surface area (TPSA) is 76.3 Å². The van der Waals surface area contributed by atoms with Gasteiger partial charge in [-0.15, -0.1) is 0 Å². The molecule has 0 bridgehead atoms. The van der Waals surface area contributed by atoms with E-state index in [1.165, 1.54) is 6.20 Å². The minimum atomic E-state index is -0.372. The molecular weight excluding hydrogens is 322 g/mol. The molecule has 100 valence electrons. The van der Waals surface area contributed by atoms with Crippen LogP contribution < -0.4 is 10.6 Å². The van der Waals surface area contributed by atoms with Gasteiger partial charge in [-0.3, -0.25) is 9.59 Å². The molecule has 3 rings (SSSR count). The van der Waals surface area contributed by atoms with E-state index in [1.54, 1.807) is 24.3 Å². The van der Waals surface area contributed by atoms with Crippen molar-refractivity contribution in [3.63, 3.8) is 0 Å². The molecule has 0 fully saturated rings. The van der Waals surface area contributed by atoms with Gasteiger partial charge in [0.05, 0.1) is 27.5 Å². The molecule has 2 N–H and O–H groups in total. The van der Waals surface area contributed by atoms with E-state index in [0.717, 1.165) is 10.5 Å². The van der Waals surface area contributed by atoms with Crippen LogP contribution in [0.1, 0.15) is 26.3 Å². The number of carbonyl (C=O) groups excluding carboxylic acids is 2. The minimum absolute atomic E-state index is 0.253. The fraction of sp³-hybridized carbons (Fsp3) is 0.0714. The molecule has 2 amide bonds. The molecule has 6 heteroatoms. The zero-order chi connectivity index (χ0) is 14.4. The summed E-state index contributed by atoms with van der Waals surface area (Å²) in [6, 6.07) is 6.78. The molecule has 0 aliphatic carbocycles. The van der Waals surface area contributed by atoms with Gasteiger partial charge in [0.15, 0.2) is 5.82 Å². The second-order valence-electron chi connectivity index (χ2n) is 4.57. The first kappa shape index (κ1) is 12.8. The predicted octanol–water partition coefficient (Wildman–Crippen LogP) is 2.54. The fourth-order valence-corrected chi connectivity index (χ4v) is 2.70. The van der Waals surface area contributed by atoms with Crippen LogP contribution in [-0.4, -0.2) is 16.8 Å². The maximum atomic E-state index is 12.4. The molecule has 1 aliphatic rings. The number of imide groups is 1. The van der Waals surface area contributed by atoms with Crippen molar-refractivity contribution < 1.29 is 9.59 Å². The van der Waals surface area contributed by atoms with E-state index < -0.39 is 0 Å². The van der Waals surface area contributed by atoms with E-state index in [4.69, 9.17) is 5.73 Å². The number of hydrogen-bond donors (Lipinski definition) is 1. The number of nitrogen functional groups attached to an aromatic ring is 1. The van der Waals surface area contributed by atoms with Crippen molar-refractivity contribution in [3.8, 4) is 0 Å². The number of benzene rings is 1. The second-order valence-corrected chi connectivity index (χ2v) is 5.42. The van der Waals surface area contributed by atoms with Gasteiger partial charge in [0.25, 0.3) is 11.8 Å². The Bertz CT molecular complexity index is 758. The van der Waals surface area contributed by atoms with Crippen LogP contribution in [0.15, 0.2) is 34.9 Å². The lowest BCUT2D eigenvalue weighted by molar-refractivity contribution is 0.0925. The zero-order valence-corrected chi connectivity index (χ0v) is 12.1. The molecular formula is C14H10BrN3O2. The standard InChI is InChI=1S/C14H10BrN3O2/c1-7-2-3-9-10(4-7)14(20)18(13(9)19)12-11(15)5-8(16)6-17-12/h2-6H,16H2,1H3. The van der Waals surface area contributed by atoms with Gasteiger partial charge in [-0.05, 0) is 41.1 Å².